The summed E-state index contributed by atoms with van der Waals surface area (Å²) >= 11 is 0. The lowest BCUT2D eigenvalue weighted by Gasteiger charge is -2.37. The molecule has 6 rings (SSSR count). The number of rotatable bonds is 6. The van der Waals surface area contributed by atoms with Crippen LogP contribution in [0.15, 0.2) is 36.8 Å². The monoisotopic (exact) mass is 553 g/mol. The van der Waals surface area contributed by atoms with Gasteiger partial charge in [0.05, 0.1) is 33.8 Å². The first-order chi connectivity index (χ1) is 18.4. The lowest BCUT2D eigenvalue weighted by Crippen LogP contribution is -2.38. The number of phenolic OH excluding ortho intramolecular Hbond substituents is 1. The van der Waals surface area contributed by atoms with Crippen LogP contribution in [0.4, 0.5) is 8.78 Å². The molecule has 13 heteroatoms. The van der Waals surface area contributed by atoms with E-state index in [9.17, 15) is 22.3 Å². The quantitative estimate of drug-likeness (QED) is 0.381. The number of fused-ring (bicyclic) bond motifs is 5. The fourth-order valence-corrected chi connectivity index (χ4v) is 6.83. The Bertz CT molecular complexity index is 1740. The van der Waals surface area contributed by atoms with E-state index in [1.54, 1.807) is 12.3 Å². The SMILES string of the molecule is CC1(C)[C@H]2CC[C@]1(c1ccnc(-n3cnc(CCS(C)(=O)=O)n3)n1)c1nnc(-c3c(F)ccc(O)c3F)cc12. The highest BCUT2D eigenvalue weighted by atomic mass is 32.2. The molecule has 1 saturated carbocycles. The van der Waals surface area contributed by atoms with Crippen molar-refractivity contribution in [1.82, 2.24) is 34.9 Å². The van der Waals surface area contributed by atoms with Gasteiger partial charge in [-0.15, -0.1) is 10.2 Å². The zero-order chi connectivity index (χ0) is 27.7. The smallest absolute Gasteiger partial charge is 0.252 e. The molecule has 0 spiro atoms. The summed E-state index contributed by atoms with van der Waals surface area (Å²) in [6, 6.07) is 5.46. The maximum absolute atomic E-state index is 14.7. The molecular formula is C26H25F2N7O3S. The molecule has 3 heterocycles. The summed E-state index contributed by atoms with van der Waals surface area (Å²) in [4.78, 5) is 13.4. The molecule has 0 amide bonds. The second kappa shape index (κ2) is 8.57. The number of halogens is 2. The fourth-order valence-electron chi connectivity index (χ4n) is 6.27. The van der Waals surface area contributed by atoms with Gasteiger partial charge in [-0.1, -0.05) is 13.8 Å². The second-order valence-electron chi connectivity index (χ2n) is 10.7. The van der Waals surface area contributed by atoms with Crippen LogP contribution >= 0.6 is 0 Å². The summed E-state index contributed by atoms with van der Waals surface area (Å²) in [6.07, 6.45) is 5.97. The van der Waals surface area contributed by atoms with Gasteiger partial charge in [-0.05, 0) is 54.0 Å². The minimum absolute atomic E-state index is 0.0192. The molecule has 39 heavy (non-hydrogen) atoms. The summed E-state index contributed by atoms with van der Waals surface area (Å²) in [7, 11) is -3.16. The van der Waals surface area contributed by atoms with Crippen LogP contribution in [0, 0.1) is 17.0 Å². The van der Waals surface area contributed by atoms with Crippen LogP contribution in [0.3, 0.4) is 0 Å². The molecule has 1 aromatic carbocycles. The van der Waals surface area contributed by atoms with Crippen molar-refractivity contribution in [2.24, 2.45) is 5.41 Å². The van der Waals surface area contributed by atoms with E-state index in [1.165, 1.54) is 11.0 Å². The van der Waals surface area contributed by atoms with Gasteiger partial charge in [0.15, 0.2) is 17.4 Å². The van der Waals surface area contributed by atoms with Crippen LogP contribution in [0.5, 0.6) is 5.75 Å². The maximum Gasteiger partial charge on any atom is 0.252 e. The van der Waals surface area contributed by atoms with Crippen molar-refractivity contribution < 1.29 is 22.3 Å². The summed E-state index contributed by atoms with van der Waals surface area (Å²) in [6.45, 7) is 4.25. The van der Waals surface area contributed by atoms with E-state index in [2.05, 4.69) is 39.1 Å². The fraction of sp³-hybridized carbons (Fsp3) is 0.385. The third kappa shape index (κ3) is 3.81. The lowest BCUT2D eigenvalue weighted by molar-refractivity contribution is 0.242. The van der Waals surface area contributed by atoms with E-state index < -0.39 is 38.2 Å². The topological polar surface area (TPSA) is 137 Å². The Morgan fingerprint density at radius 3 is 2.72 bits per heavy atom. The number of aromatic hydroxyl groups is 1. The van der Waals surface area contributed by atoms with E-state index in [0.717, 1.165) is 36.8 Å². The third-order valence-electron chi connectivity index (χ3n) is 8.23. The first-order valence-corrected chi connectivity index (χ1v) is 14.5. The highest BCUT2D eigenvalue weighted by molar-refractivity contribution is 7.90. The summed E-state index contributed by atoms with van der Waals surface area (Å²) in [5.74, 6) is -1.95. The minimum Gasteiger partial charge on any atom is -0.505 e. The summed E-state index contributed by atoms with van der Waals surface area (Å²) in [5.41, 5.74) is 0.878. The maximum atomic E-state index is 14.7. The second-order valence-corrected chi connectivity index (χ2v) is 13.0. The van der Waals surface area contributed by atoms with Crippen molar-refractivity contribution in [2.45, 2.75) is 44.4 Å². The molecule has 4 aromatic rings. The number of aromatic nitrogens is 7. The molecule has 0 saturated heterocycles. The molecule has 1 N–H and O–H groups in total. The summed E-state index contributed by atoms with van der Waals surface area (Å²) in [5, 5.41) is 22.9. The van der Waals surface area contributed by atoms with Crippen molar-refractivity contribution in [3.05, 3.63) is 71.2 Å². The molecule has 10 nitrogen and oxygen atoms in total. The Labute approximate surface area is 223 Å². The Morgan fingerprint density at radius 1 is 1.15 bits per heavy atom. The van der Waals surface area contributed by atoms with Crippen LogP contribution in [0.25, 0.3) is 17.2 Å². The Hall–Kier alpha value is -3.87. The molecule has 2 bridgehead atoms. The molecule has 202 valence electrons. The van der Waals surface area contributed by atoms with Crippen LogP contribution in [-0.2, 0) is 21.7 Å². The van der Waals surface area contributed by atoms with Crippen molar-refractivity contribution in [1.29, 1.82) is 0 Å². The van der Waals surface area contributed by atoms with Crippen molar-refractivity contribution in [3.63, 3.8) is 0 Å². The number of benzene rings is 1. The molecule has 0 unspecified atom stereocenters. The molecular weight excluding hydrogens is 528 g/mol. The highest BCUT2D eigenvalue weighted by Gasteiger charge is 2.65. The number of hydrogen-bond donors (Lipinski definition) is 1. The van der Waals surface area contributed by atoms with Crippen molar-refractivity contribution >= 4 is 9.84 Å². The van der Waals surface area contributed by atoms with E-state index in [-0.39, 0.29) is 35.1 Å². The minimum atomic E-state index is -3.16. The summed E-state index contributed by atoms with van der Waals surface area (Å²) < 4.78 is 53.7. The van der Waals surface area contributed by atoms with Crippen molar-refractivity contribution in [2.75, 3.05) is 12.0 Å². The Morgan fingerprint density at radius 2 is 1.95 bits per heavy atom. The number of nitrogens with zero attached hydrogens (tertiary/aromatic N) is 7. The van der Waals surface area contributed by atoms with Gasteiger partial charge in [-0.25, -0.2) is 32.2 Å². The standard InChI is InChI=1S/C26H25F2N7O3S/c1-25(2)15-6-9-26(25,23-14(15)12-17(32-33-23)21-16(27)4-5-18(36)22(21)28)19-7-10-29-24(31-19)35-13-30-20(34-35)8-11-39(3,37)38/h4-5,7,10,12-13,15,36H,6,8-9,11H2,1-3H3/t15-,26-/m0/s1. The van der Waals surface area contributed by atoms with Gasteiger partial charge in [0.2, 0.25) is 0 Å². The zero-order valence-corrected chi connectivity index (χ0v) is 22.2. The molecule has 3 aromatic heterocycles. The van der Waals surface area contributed by atoms with Gasteiger partial charge in [0, 0.05) is 18.9 Å². The van der Waals surface area contributed by atoms with Crippen LogP contribution in [0.1, 0.15) is 55.4 Å². The Kier molecular flexibility index (Phi) is 5.58. The van der Waals surface area contributed by atoms with Crippen LogP contribution in [-0.4, -0.2) is 60.5 Å². The average Bonchev–Trinajstić information content (AvgIpc) is 3.53. The first kappa shape index (κ1) is 25.4. The predicted octanol–water partition coefficient (Wildman–Crippen LogP) is 3.29. The highest BCUT2D eigenvalue weighted by Crippen LogP contribution is 2.69. The van der Waals surface area contributed by atoms with E-state index in [0.29, 0.717) is 17.2 Å². The third-order valence-corrected chi connectivity index (χ3v) is 9.18. The molecule has 1 fully saturated rings. The number of sulfone groups is 1. The number of hydrogen-bond acceptors (Lipinski definition) is 9. The van der Waals surface area contributed by atoms with E-state index >= 15 is 0 Å². The zero-order valence-electron chi connectivity index (χ0n) is 21.4. The molecule has 2 aliphatic carbocycles. The largest absolute Gasteiger partial charge is 0.505 e. The van der Waals surface area contributed by atoms with Crippen LogP contribution < -0.4 is 0 Å². The molecule has 0 aliphatic heterocycles. The number of phenols is 1. The number of aryl methyl sites for hydroxylation is 1. The molecule has 0 radical (unpaired) electrons. The van der Waals surface area contributed by atoms with Gasteiger partial charge >= 0.3 is 0 Å². The Balaban J connectivity index is 1.42. The predicted molar refractivity (Wildman–Crippen MR) is 136 cm³/mol. The van der Waals surface area contributed by atoms with Gasteiger partial charge in [-0.2, -0.15) is 9.78 Å². The van der Waals surface area contributed by atoms with E-state index in [4.69, 9.17) is 4.98 Å². The first-order valence-electron chi connectivity index (χ1n) is 12.4. The van der Waals surface area contributed by atoms with Crippen molar-refractivity contribution in [3.8, 4) is 23.0 Å². The average molecular weight is 554 g/mol. The van der Waals surface area contributed by atoms with Gasteiger partial charge < -0.3 is 5.11 Å². The lowest BCUT2D eigenvalue weighted by atomic mass is 9.66. The van der Waals surface area contributed by atoms with Crippen LogP contribution in [0.2, 0.25) is 0 Å². The van der Waals surface area contributed by atoms with E-state index in [1.807, 2.05) is 6.07 Å². The molecule has 2 aliphatic rings. The van der Waals surface area contributed by atoms with Gasteiger partial charge in [0.25, 0.3) is 5.95 Å². The van der Waals surface area contributed by atoms with Gasteiger partial charge in [-0.3, -0.25) is 0 Å². The van der Waals surface area contributed by atoms with Gasteiger partial charge in [0.1, 0.15) is 22.0 Å². The normalized spacial score (nSPS) is 21.3. The molecule has 2 atom stereocenters.